The lowest BCUT2D eigenvalue weighted by atomic mass is 9.98. The summed E-state index contributed by atoms with van der Waals surface area (Å²) in [6, 6.07) is 0. The number of likely N-dealkylation sites (tertiary alicyclic amines) is 1. The number of hydrogen-bond acceptors (Lipinski definition) is 3. The number of aliphatic hydroxyl groups is 1. The molecular weight excluding hydrogens is 188 g/mol. The Hall–Kier alpha value is -0.120. The third-order valence-electron chi connectivity index (χ3n) is 3.43. The molecule has 2 atom stereocenters. The predicted molar refractivity (Wildman–Crippen MR) is 64.0 cm³/mol. The normalized spacial score (nSPS) is 26.2. The van der Waals surface area contributed by atoms with Gasteiger partial charge in [-0.25, -0.2) is 0 Å². The van der Waals surface area contributed by atoms with Crippen molar-refractivity contribution < 1.29 is 5.11 Å². The molecule has 0 spiro atoms. The molecule has 0 saturated carbocycles. The first-order chi connectivity index (χ1) is 7.26. The Bertz CT molecular complexity index is 164. The Morgan fingerprint density at radius 3 is 2.87 bits per heavy atom. The van der Waals surface area contributed by atoms with Crippen LogP contribution < -0.4 is 5.32 Å². The molecule has 2 unspecified atom stereocenters. The first-order valence-electron chi connectivity index (χ1n) is 6.31. The third-order valence-corrected chi connectivity index (χ3v) is 3.43. The first-order valence-corrected chi connectivity index (χ1v) is 6.31. The molecule has 1 saturated heterocycles. The summed E-state index contributed by atoms with van der Waals surface area (Å²) in [5, 5.41) is 12.7. The fraction of sp³-hybridized carbons (Fsp3) is 1.00. The number of aliphatic hydroxyl groups excluding tert-OH is 1. The van der Waals surface area contributed by atoms with Crippen LogP contribution in [0.3, 0.4) is 0 Å². The minimum absolute atomic E-state index is 0.215. The van der Waals surface area contributed by atoms with Gasteiger partial charge < -0.3 is 15.3 Å². The Balaban J connectivity index is 2.24. The van der Waals surface area contributed by atoms with Crippen molar-refractivity contribution in [2.24, 2.45) is 5.92 Å². The van der Waals surface area contributed by atoms with Crippen molar-refractivity contribution in [1.82, 2.24) is 10.2 Å². The number of nitrogens with one attached hydrogen (secondary N) is 1. The van der Waals surface area contributed by atoms with Gasteiger partial charge in [-0.1, -0.05) is 13.3 Å². The molecule has 2 N–H and O–H groups in total. The molecule has 0 bridgehead atoms. The summed E-state index contributed by atoms with van der Waals surface area (Å²) in [4.78, 5) is 2.41. The maximum absolute atomic E-state index is 9.71. The van der Waals surface area contributed by atoms with Crippen LogP contribution in [0, 0.1) is 5.92 Å². The lowest BCUT2D eigenvalue weighted by molar-refractivity contribution is 0.114. The Morgan fingerprint density at radius 2 is 2.20 bits per heavy atom. The van der Waals surface area contributed by atoms with E-state index in [1.807, 2.05) is 7.05 Å². The summed E-state index contributed by atoms with van der Waals surface area (Å²) in [7, 11) is 1.89. The number of hydrogen-bond donors (Lipinski definition) is 2. The van der Waals surface area contributed by atoms with Crippen LogP contribution in [-0.2, 0) is 0 Å². The second-order valence-electron chi connectivity index (χ2n) is 4.72. The molecular formula is C12H26N2O. The zero-order valence-corrected chi connectivity index (χ0v) is 10.2. The standard InChI is InChI=1S/C12H26N2O/c1-3-11-5-4-7-14(8-6-11)10-12(15)9-13-2/h11-13,15H,3-10H2,1-2H3. The van der Waals surface area contributed by atoms with E-state index in [1.165, 1.54) is 32.2 Å². The summed E-state index contributed by atoms with van der Waals surface area (Å²) in [5.41, 5.74) is 0. The van der Waals surface area contributed by atoms with Gasteiger partial charge in [-0.15, -0.1) is 0 Å². The van der Waals surface area contributed by atoms with Crippen LogP contribution in [-0.4, -0.2) is 49.3 Å². The zero-order chi connectivity index (χ0) is 11.1. The zero-order valence-electron chi connectivity index (χ0n) is 10.2. The molecule has 0 aromatic carbocycles. The molecule has 1 fully saturated rings. The van der Waals surface area contributed by atoms with Gasteiger partial charge in [-0.05, 0) is 45.3 Å². The van der Waals surface area contributed by atoms with Gasteiger partial charge in [0, 0.05) is 13.1 Å². The van der Waals surface area contributed by atoms with E-state index < -0.39 is 0 Å². The van der Waals surface area contributed by atoms with Gasteiger partial charge in [0.15, 0.2) is 0 Å². The fourth-order valence-corrected chi connectivity index (χ4v) is 2.41. The summed E-state index contributed by atoms with van der Waals surface area (Å²) < 4.78 is 0. The molecule has 3 heteroatoms. The minimum Gasteiger partial charge on any atom is -0.390 e. The van der Waals surface area contributed by atoms with Gasteiger partial charge in [-0.2, -0.15) is 0 Å². The van der Waals surface area contributed by atoms with Crippen LogP contribution in [0.25, 0.3) is 0 Å². The Kier molecular flexibility index (Phi) is 6.22. The van der Waals surface area contributed by atoms with E-state index in [4.69, 9.17) is 0 Å². The van der Waals surface area contributed by atoms with E-state index in [0.29, 0.717) is 6.54 Å². The molecule has 3 nitrogen and oxygen atoms in total. The highest BCUT2D eigenvalue weighted by Gasteiger charge is 2.17. The maximum atomic E-state index is 9.71. The number of likely N-dealkylation sites (N-methyl/N-ethyl adjacent to an activating group) is 1. The summed E-state index contributed by atoms with van der Waals surface area (Å²) in [6.07, 6.45) is 5.07. The SMILES string of the molecule is CCC1CCCN(CC(O)CNC)CC1. The van der Waals surface area contributed by atoms with Crippen LogP contribution in [0.2, 0.25) is 0 Å². The molecule has 0 aromatic rings. The molecule has 1 aliphatic rings. The third kappa shape index (κ3) is 4.96. The predicted octanol–water partition coefficient (Wildman–Crippen LogP) is 1.08. The van der Waals surface area contributed by atoms with E-state index >= 15 is 0 Å². The largest absolute Gasteiger partial charge is 0.390 e. The van der Waals surface area contributed by atoms with Crippen molar-refractivity contribution in [2.75, 3.05) is 33.2 Å². The number of nitrogens with zero attached hydrogens (tertiary/aromatic N) is 1. The van der Waals surface area contributed by atoms with Gasteiger partial charge in [0.1, 0.15) is 0 Å². The fourth-order valence-electron chi connectivity index (χ4n) is 2.41. The Morgan fingerprint density at radius 1 is 1.40 bits per heavy atom. The maximum Gasteiger partial charge on any atom is 0.0791 e. The van der Waals surface area contributed by atoms with Gasteiger partial charge >= 0.3 is 0 Å². The second-order valence-corrected chi connectivity index (χ2v) is 4.72. The van der Waals surface area contributed by atoms with Crippen LogP contribution in [0.4, 0.5) is 0 Å². The van der Waals surface area contributed by atoms with Crippen molar-refractivity contribution in [1.29, 1.82) is 0 Å². The quantitative estimate of drug-likeness (QED) is 0.719. The molecule has 1 heterocycles. The highest BCUT2D eigenvalue weighted by atomic mass is 16.3. The van der Waals surface area contributed by atoms with E-state index in [2.05, 4.69) is 17.1 Å². The van der Waals surface area contributed by atoms with Crippen molar-refractivity contribution in [3.8, 4) is 0 Å². The van der Waals surface area contributed by atoms with Gasteiger partial charge in [0.2, 0.25) is 0 Å². The molecule has 15 heavy (non-hydrogen) atoms. The summed E-state index contributed by atoms with van der Waals surface area (Å²) in [6.45, 7) is 6.15. The lowest BCUT2D eigenvalue weighted by Gasteiger charge is -2.23. The molecule has 0 aliphatic carbocycles. The summed E-state index contributed by atoms with van der Waals surface area (Å²) >= 11 is 0. The average Bonchev–Trinajstić information content (AvgIpc) is 2.43. The molecule has 0 radical (unpaired) electrons. The Labute approximate surface area is 93.9 Å². The molecule has 0 amide bonds. The second kappa shape index (κ2) is 7.20. The molecule has 1 rings (SSSR count). The van der Waals surface area contributed by atoms with E-state index in [1.54, 1.807) is 0 Å². The van der Waals surface area contributed by atoms with E-state index in [0.717, 1.165) is 19.0 Å². The molecule has 1 aliphatic heterocycles. The van der Waals surface area contributed by atoms with Crippen LogP contribution in [0.5, 0.6) is 0 Å². The van der Waals surface area contributed by atoms with Crippen molar-refractivity contribution in [3.05, 3.63) is 0 Å². The number of β-amino-alcohol motifs (C(OH)–C–C–N with tert-alkyl or cyclic N) is 1. The van der Waals surface area contributed by atoms with Crippen LogP contribution >= 0.6 is 0 Å². The molecule has 90 valence electrons. The van der Waals surface area contributed by atoms with Gasteiger partial charge in [-0.3, -0.25) is 0 Å². The topological polar surface area (TPSA) is 35.5 Å². The number of rotatable bonds is 5. The van der Waals surface area contributed by atoms with Crippen molar-refractivity contribution in [2.45, 2.75) is 38.7 Å². The minimum atomic E-state index is -0.215. The lowest BCUT2D eigenvalue weighted by Crippen LogP contribution is -2.38. The molecule has 0 aromatic heterocycles. The van der Waals surface area contributed by atoms with Gasteiger partial charge in [0.25, 0.3) is 0 Å². The van der Waals surface area contributed by atoms with E-state index in [9.17, 15) is 5.11 Å². The van der Waals surface area contributed by atoms with Crippen LogP contribution in [0.1, 0.15) is 32.6 Å². The highest BCUT2D eigenvalue weighted by Crippen LogP contribution is 2.20. The van der Waals surface area contributed by atoms with Crippen molar-refractivity contribution in [3.63, 3.8) is 0 Å². The van der Waals surface area contributed by atoms with Crippen LogP contribution in [0.15, 0.2) is 0 Å². The van der Waals surface area contributed by atoms with Crippen molar-refractivity contribution >= 4 is 0 Å². The first kappa shape index (κ1) is 12.9. The van der Waals surface area contributed by atoms with E-state index in [-0.39, 0.29) is 6.10 Å². The smallest absolute Gasteiger partial charge is 0.0791 e. The average molecular weight is 214 g/mol. The monoisotopic (exact) mass is 214 g/mol. The van der Waals surface area contributed by atoms with Gasteiger partial charge in [0.05, 0.1) is 6.10 Å². The summed E-state index contributed by atoms with van der Waals surface area (Å²) in [5.74, 6) is 0.913. The highest BCUT2D eigenvalue weighted by molar-refractivity contribution is 4.72.